The number of carbonyl (C=O) groups excluding carboxylic acids is 1. The number of rotatable bonds is 2. The van der Waals surface area contributed by atoms with Crippen LogP contribution in [0, 0.1) is 5.92 Å². The van der Waals surface area contributed by atoms with Crippen molar-refractivity contribution in [2.24, 2.45) is 5.92 Å². The summed E-state index contributed by atoms with van der Waals surface area (Å²) < 4.78 is 0. The Hall–Kier alpha value is -1.35. The Balaban J connectivity index is 2.37. The molecule has 1 aromatic carbocycles. The van der Waals surface area contributed by atoms with Crippen molar-refractivity contribution in [3.8, 4) is 0 Å². The third-order valence-corrected chi connectivity index (χ3v) is 3.47. The van der Waals surface area contributed by atoms with E-state index in [-0.39, 0.29) is 23.8 Å². The smallest absolute Gasteiger partial charge is 0.227 e. The average Bonchev–Trinajstić information content (AvgIpc) is 2.69. The zero-order valence-electron chi connectivity index (χ0n) is 11.3. The van der Waals surface area contributed by atoms with Gasteiger partial charge in [-0.25, -0.2) is 0 Å². The minimum atomic E-state index is 0.00811. The maximum absolute atomic E-state index is 12.0. The first kappa shape index (κ1) is 13.1. The van der Waals surface area contributed by atoms with Crippen molar-refractivity contribution >= 4 is 11.6 Å². The highest BCUT2D eigenvalue weighted by Crippen LogP contribution is 2.34. The Kier molecular flexibility index (Phi) is 3.44. The molecule has 3 nitrogen and oxygen atoms in total. The highest BCUT2D eigenvalue weighted by molar-refractivity contribution is 5.96. The summed E-state index contributed by atoms with van der Waals surface area (Å²) in [4.78, 5) is 13.9. The molecule has 0 bridgehead atoms. The van der Waals surface area contributed by atoms with Crippen LogP contribution in [0.1, 0.15) is 32.8 Å². The molecular weight excluding hydrogens is 226 g/mol. The molecule has 0 aromatic heterocycles. The summed E-state index contributed by atoms with van der Waals surface area (Å²) in [6, 6.07) is 8.05. The van der Waals surface area contributed by atoms with Crippen molar-refractivity contribution in [1.82, 2.24) is 0 Å². The zero-order chi connectivity index (χ0) is 13.3. The molecular formula is C15H21NO2. The number of nitrogens with zero attached hydrogens (tertiary/aromatic N) is 1. The lowest BCUT2D eigenvalue weighted by atomic mass is 9.85. The molecule has 98 valence electrons. The van der Waals surface area contributed by atoms with E-state index in [1.54, 1.807) is 0 Å². The summed E-state index contributed by atoms with van der Waals surface area (Å²) in [5.74, 6) is 0.191. The highest BCUT2D eigenvalue weighted by atomic mass is 16.3. The van der Waals surface area contributed by atoms with Gasteiger partial charge in [-0.3, -0.25) is 4.79 Å². The van der Waals surface area contributed by atoms with E-state index in [0.29, 0.717) is 13.0 Å². The van der Waals surface area contributed by atoms with Gasteiger partial charge in [-0.15, -0.1) is 0 Å². The number of para-hydroxylation sites is 1. The fourth-order valence-corrected chi connectivity index (χ4v) is 2.48. The van der Waals surface area contributed by atoms with Gasteiger partial charge in [-0.05, 0) is 17.0 Å². The van der Waals surface area contributed by atoms with E-state index in [1.807, 2.05) is 23.1 Å². The van der Waals surface area contributed by atoms with Gasteiger partial charge in [0.15, 0.2) is 0 Å². The predicted octanol–water partition coefficient (Wildman–Crippen LogP) is 2.33. The fraction of sp³-hybridized carbons (Fsp3) is 0.533. The van der Waals surface area contributed by atoms with E-state index < -0.39 is 0 Å². The van der Waals surface area contributed by atoms with Crippen LogP contribution in [0.25, 0.3) is 0 Å². The number of aliphatic hydroxyl groups excluding tert-OH is 1. The van der Waals surface area contributed by atoms with Crippen LogP contribution in [0.5, 0.6) is 0 Å². The summed E-state index contributed by atoms with van der Waals surface area (Å²) in [5, 5.41) is 9.20. The quantitative estimate of drug-likeness (QED) is 0.871. The lowest BCUT2D eigenvalue weighted by molar-refractivity contribution is -0.117. The number of amides is 1. The summed E-state index contributed by atoms with van der Waals surface area (Å²) >= 11 is 0. The zero-order valence-corrected chi connectivity index (χ0v) is 11.3. The molecule has 0 aliphatic carbocycles. The van der Waals surface area contributed by atoms with Crippen LogP contribution in [0.2, 0.25) is 0 Å². The first-order valence-corrected chi connectivity index (χ1v) is 6.44. The summed E-state index contributed by atoms with van der Waals surface area (Å²) in [5.41, 5.74) is 2.18. The maximum Gasteiger partial charge on any atom is 0.227 e. The molecule has 1 aliphatic rings. The van der Waals surface area contributed by atoms with E-state index in [1.165, 1.54) is 5.56 Å². The van der Waals surface area contributed by atoms with Crippen molar-refractivity contribution in [3.63, 3.8) is 0 Å². The van der Waals surface area contributed by atoms with Gasteiger partial charge < -0.3 is 10.0 Å². The van der Waals surface area contributed by atoms with E-state index in [0.717, 1.165) is 5.69 Å². The number of benzene rings is 1. The Morgan fingerprint density at radius 3 is 2.56 bits per heavy atom. The van der Waals surface area contributed by atoms with Gasteiger partial charge in [-0.1, -0.05) is 39.0 Å². The first-order valence-electron chi connectivity index (χ1n) is 6.44. The number of anilines is 1. The SMILES string of the molecule is CC(C)(C)c1ccccc1N1CC(CO)CC1=O. The second-order valence-corrected chi connectivity index (χ2v) is 6.02. The Morgan fingerprint density at radius 1 is 1.33 bits per heavy atom. The molecule has 1 saturated heterocycles. The van der Waals surface area contributed by atoms with Gasteiger partial charge in [-0.2, -0.15) is 0 Å². The van der Waals surface area contributed by atoms with Crippen LogP contribution >= 0.6 is 0 Å². The summed E-state index contributed by atoms with van der Waals surface area (Å²) in [6.07, 6.45) is 0.453. The number of hydrogen-bond donors (Lipinski definition) is 1. The molecule has 2 rings (SSSR count). The summed E-state index contributed by atoms with van der Waals surface area (Å²) in [7, 11) is 0. The second-order valence-electron chi connectivity index (χ2n) is 6.02. The Labute approximate surface area is 108 Å². The molecule has 1 aliphatic heterocycles. The van der Waals surface area contributed by atoms with Crippen molar-refractivity contribution < 1.29 is 9.90 Å². The second kappa shape index (κ2) is 4.73. The minimum absolute atomic E-state index is 0.00811. The molecule has 1 fully saturated rings. The van der Waals surface area contributed by atoms with Gasteiger partial charge in [0.25, 0.3) is 0 Å². The number of carbonyl (C=O) groups is 1. The van der Waals surface area contributed by atoms with Crippen LogP contribution in [0.15, 0.2) is 24.3 Å². The topological polar surface area (TPSA) is 40.5 Å². The van der Waals surface area contributed by atoms with E-state index in [9.17, 15) is 9.90 Å². The lowest BCUT2D eigenvalue weighted by Gasteiger charge is -2.27. The molecule has 0 radical (unpaired) electrons. The molecule has 1 heterocycles. The predicted molar refractivity (Wildman–Crippen MR) is 72.7 cm³/mol. The molecule has 1 unspecified atom stereocenters. The van der Waals surface area contributed by atoms with E-state index >= 15 is 0 Å². The monoisotopic (exact) mass is 247 g/mol. The molecule has 0 saturated carbocycles. The maximum atomic E-state index is 12.0. The largest absolute Gasteiger partial charge is 0.396 e. The number of aliphatic hydroxyl groups is 1. The van der Waals surface area contributed by atoms with Crippen LogP contribution in [0.3, 0.4) is 0 Å². The van der Waals surface area contributed by atoms with Crippen LogP contribution in [0.4, 0.5) is 5.69 Å². The van der Waals surface area contributed by atoms with E-state index in [4.69, 9.17) is 0 Å². The van der Waals surface area contributed by atoms with Crippen LogP contribution < -0.4 is 4.90 Å². The van der Waals surface area contributed by atoms with Crippen molar-refractivity contribution in [2.75, 3.05) is 18.1 Å². The molecule has 18 heavy (non-hydrogen) atoms. The molecule has 1 N–H and O–H groups in total. The summed E-state index contributed by atoms with van der Waals surface area (Å²) in [6.45, 7) is 7.16. The Bertz CT molecular complexity index is 448. The van der Waals surface area contributed by atoms with Gasteiger partial charge >= 0.3 is 0 Å². The Morgan fingerprint density at radius 2 is 2.00 bits per heavy atom. The standard InChI is InChI=1S/C15H21NO2/c1-15(2,3)12-6-4-5-7-13(12)16-9-11(10-17)8-14(16)18/h4-7,11,17H,8-10H2,1-3H3. The van der Waals surface area contributed by atoms with Gasteiger partial charge in [0.2, 0.25) is 5.91 Å². The minimum Gasteiger partial charge on any atom is -0.396 e. The molecule has 1 atom stereocenters. The van der Waals surface area contributed by atoms with E-state index in [2.05, 4.69) is 26.8 Å². The fourth-order valence-electron chi connectivity index (χ4n) is 2.48. The van der Waals surface area contributed by atoms with Crippen molar-refractivity contribution in [1.29, 1.82) is 0 Å². The normalized spacial score (nSPS) is 20.6. The van der Waals surface area contributed by atoms with Crippen molar-refractivity contribution in [2.45, 2.75) is 32.6 Å². The van der Waals surface area contributed by atoms with Gasteiger partial charge in [0.05, 0.1) is 0 Å². The third-order valence-electron chi connectivity index (χ3n) is 3.47. The number of hydrogen-bond acceptors (Lipinski definition) is 2. The van der Waals surface area contributed by atoms with Gasteiger partial charge in [0.1, 0.15) is 0 Å². The van der Waals surface area contributed by atoms with Crippen molar-refractivity contribution in [3.05, 3.63) is 29.8 Å². The molecule has 1 aromatic rings. The first-order chi connectivity index (χ1) is 8.43. The third kappa shape index (κ3) is 2.41. The molecule has 1 amide bonds. The van der Waals surface area contributed by atoms with Gasteiger partial charge in [0, 0.05) is 31.2 Å². The van der Waals surface area contributed by atoms with Crippen LogP contribution in [-0.2, 0) is 10.2 Å². The molecule has 3 heteroatoms. The molecule has 0 spiro atoms. The average molecular weight is 247 g/mol. The van der Waals surface area contributed by atoms with Crippen LogP contribution in [-0.4, -0.2) is 24.2 Å². The highest BCUT2D eigenvalue weighted by Gasteiger charge is 2.32. The lowest BCUT2D eigenvalue weighted by Crippen LogP contribution is -2.28.